The molecule has 1 saturated heterocycles. The lowest BCUT2D eigenvalue weighted by atomic mass is 9.57. The molecule has 1 aromatic rings. The number of hydrogen-bond donors (Lipinski definition) is 1. The number of rotatable bonds is 5. The van der Waals surface area contributed by atoms with E-state index in [1.165, 1.54) is 31.5 Å². The Labute approximate surface area is 137 Å². The zero-order chi connectivity index (χ0) is 15.7. The van der Waals surface area contributed by atoms with Crippen molar-refractivity contribution in [2.75, 3.05) is 27.2 Å². The van der Waals surface area contributed by atoms with Crippen molar-refractivity contribution in [2.24, 2.45) is 11.3 Å². The lowest BCUT2D eigenvalue weighted by Gasteiger charge is -2.54. The third kappa shape index (κ3) is 2.92. The van der Waals surface area contributed by atoms with Crippen LogP contribution in [0.5, 0.6) is 0 Å². The minimum atomic E-state index is 0.533. The Kier molecular flexibility index (Phi) is 4.28. The normalized spacial score (nSPS) is 20.0. The summed E-state index contributed by atoms with van der Waals surface area (Å²) in [7, 11) is 3.95. The first-order valence-electron chi connectivity index (χ1n) is 7.85. The molecule has 3 nitrogen and oxygen atoms in total. The lowest BCUT2D eigenvalue weighted by molar-refractivity contribution is 0.000867. The molecule has 0 atom stereocenters. The number of carbonyl (C=O) groups is 1. The number of carbonyl (C=O) groups excluding carboxylic acids is 1. The van der Waals surface area contributed by atoms with Gasteiger partial charge in [0.05, 0.1) is 5.02 Å². The molecule has 3 rings (SSSR count). The predicted molar refractivity (Wildman–Crippen MR) is 91.3 cm³/mol. The van der Waals surface area contributed by atoms with E-state index < -0.39 is 0 Å². The molecule has 4 heteroatoms. The van der Waals surface area contributed by atoms with E-state index in [-0.39, 0.29) is 0 Å². The highest BCUT2D eigenvalue weighted by Crippen LogP contribution is 2.49. The van der Waals surface area contributed by atoms with E-state index in [4.69, 9.17) is 11.6 Å². The Morgan fingerprint density at radius 2 is 2.05 bits per heavy atom. The molecule has 0 unspecified atom stereocenters. The number of aldehydes is 1. The SMILES string of the molecule is CN(C)/C=C\c1c(CC2CC3(CNC3)C2)ccc(Cl)c1C=O. The number of hydrogen-bond acceptors (Lipinski definition) is 3. The number of nitrogens with zero attached hydrogens (tertiary/aromatic N) is 1. The lowest BCUT2D eigenvalue weighted by Crippen LogP contribution is -2.60. The van der Waals surface area contributed by atoms with Crippen LogP contribution < -0.4 is 5.32 Å². The average Bonchev–Trinajstić information content (AvgIpc) is 2.39. The van der Waals surface area contributed by atoms with Gasteiger partial charge in [0.15, 0.2) is 6.29 Å². The number of benzene rings is 1. The summed E-state index contributed by atoms with van der Waals surface area (Å²) < 4.78 is 0. The summed E-state index contributed by atoms with van der Waals surface area (Å²) >= 11 is 6.19. The van der Waals surface area contributed by atoms with Crippen LogP contribution in [0.15, 0.2) is 18.3 Å². The van der Waals surface area contributed by atoms with Gasteiger partial charge in [-0.25, -0.2) is 0 Å². The van der Waals surface area contributed by atoms with Crippen molar-refractivity contribution in [3.63, 3.8) is 0 Å². The van der Waals surface area contributed by atoms with Gasteiger partial charge < -0.3 is 10.2 Å². The summed E-state index contributed by atoms with van der Waals surface area (Å²) in [6.45, 7) is 2.36. The van der Waals surface area contributed by atoms with Gasteiger partial charge >= 0.3 is 0 Å². The van der Waals surface area contributed by atoms with Gasteiger partial charge in [-0.2, -0.15) is 0 Å². The third-order valence-corrected chi connectivity index (χ3v) is 5.26. The van der Waals surface area contributed by atoms with Gasteiger partial charge in [-0.3, -0.25) is 4.79 Å². The fourth-order valence-corrected chi connectivity index (χ4v) is 3.97. The van der Waals surface area contributed by atoms with Crippen molar-refractivity contribution in [1.82, 2.24) is 10.2 Å². The maximum atomic E-state index is 11.4. The van der Waals surface area contributed by atoms with Crippen LogP contribution in [0.25, 0.3) is 6.08 Å². The number of nitrogens with one attached hydrogen (secondary N) is 1. The topological polar surface area (TPSA) is 32.3 Å². The molecule has 22 heavy (non-hydrogen) atoms. The second kappa shape index (κ2) is 6.05. The molecule has 1 heterocycles. The molecule has 2 aliphatic rings. The van der Waals surface area contributed by atoms with Gasteiger partial charge in [-0.1, -0.05) is 17.7 Å². The van der Waals surface area contributed by atoms with Crippen LogP contribution in [0.1, 0.15) is 34.3 Å². The molecule has 1 spiro atoms. The van der Waals surface area contributed by atoms with Gasteiger partial charge in [0.1, 0.15) is 0 Å². The van der Waals surface area contributed by atoms with Crippen molar-refractivity contribution in [2.45, 2.75) is 19.3 Å². The second-order valence-corrected chi connectivity index (χ2v) is 7.42. The highest BCUT2D eigenvalue weighted by molar-refractivity contribution is 6.33. The van der Waals surface area contributed by atoms with E-state index in [0.717, 1.165) is 24.2 Å². The first-order valence-corrected chi connectivity index (χ1v) is 8.23. The van der Waals surface area contributed by atoms with Gasteiger partial charge in [-0.05, 0) is 60.1 Å². The number of halogens is 1. The Morgan fingerprint density at radius 3 is 2.59 bits per heavy atom. The summed E-state index contributed by atoms with van der Waals surface area (Å²) in [5, 5.41) is 3.91. The van der Waals surface area contributed by atoms with E-state index in [9.17, 15) is 4.79 Å². The van der Waals surface area contributed by atoms with Crippen LogP contribution in [0.3, 0.4) is 0 Å². The molecule has 0 amide bonds. The molecule has 0 bridgehead atoms. The van der Waals surface area contributed by atoms with E-state index in [2.05, 4.69) is 11.4 Å². The second-order valence-electron chi connectivity index (χ2n) is 7.01. The fraction of sp³-hybridized carbons (Fsp3) is 0.500. The molecule has 1 saturated carbocycles. The maximum absolute atomic E-state index is 11.4. The third-order valence-electron chi connectivity index (χ3n) is 4.93. The van der Waals surface area contributed by atoms with Crippen molar-refractivity contribution < 1.29 is 4.79 Å². The van der Waals surface area contributed by atoms with Gasteiger partial charge in [0.2, 0.25) is 0 Å². The molecular weight excluding hydrogens is 296 g/mol. The Bertz CT molecular complexity index is 597. The summed E-state index contributed by atoms with van der Waals surface area (Å²) in [6.07, 6.45) is 8.49. The van der Waals surface area contributed by atoms with E-state index in [0.29, 0.717) is 16.0 Å². The smallest absolute Gasteiger partial charge is 0.152 e. The first kappa shape index (κ1) is 15.6. The van der Waals surface area contributed by atoms with Gasteiger partial charge in [0.25, 0.3) is 0 Å². The minimum absolute atomic E-state index is 0.533. The van der Waals surface area contributed by atoms with Crippen LogP contribution in [0, 0.1) is 11.3 Å². The van der Waals surface area contributed by atoms with Crippen molar-refractivity contribution in [1.29, 1.82) is 0 Å². The molecule has 1 aliphatic heterocycles. The summed E-state index contributed by atoms with van der Waals surface area (Å²) in [5.41, 5.74) is 3.40. The fourth-order valence-electron chi connectivity index (χ4n) is 3.76. The highest BCUT2D eigenvalue weighted by Gasteiger charge is 2.47. The van der Waals surface area contributed by atoms with Crippen LogP contribution in [-0.4, -0.2) is 38.4 Å². The first-order chi connectivity index (χ1) is 10.5. The predicted octanol–water partition coefficient (Wildman–Crippen LogP) is 3.23. The van der Waals surface area contributed by atoms with Gasteiger partial charge in [0, 0.05) is 32.7 Å². The Hall–Kier alpha value is -1.32. The van der Waals surface area contributed by atoms with E-state index in [1.807, 2.05) is 37.3 Å². The molecule has 0 aromatic heterocycles. The Balaban J connectivity index is 1.81. The maximum Gasteiger partial charge on any atom is 0.152 e. The zero-order valence-electron chi connectivity index (χ0n) is 13.2. The molecule has 2 fully saturated rings. The molecule has 118 valence electrons. The van der Waals surface area contributed by atoms with Crippen LogP contribution in [0.2, 0.25) is 5.02 Å². The molecule has 1 N–H and O–H groups in total. The summed E-state index contributed by atoms with van der Waals surface area (Å²) in [5.74, 6) is 0.731. The Morgan fingerprint density at radius 1 is 1.32 bits per heavy atom. The summed E-state index contributed by atoms with van der Waals surface area (Å²) in [6, 6.07) is 3.93. The van der Waals surface area contributed by atoms with Crippen molar-refractivity contribution >= 4 is 24.0 Å². The molecule has 1 aromatic carbocycles. The summed E-state index contributed by atoms with van der Waals surface area (Å²) in [4.78, 5) is 13.4. The van der Waals surface area contributed by atoms with Crippen LogP contribution >= 0.6 is 11.6 Å². The minimum Gasteiger partial charge on any atom is -0.383 e. The van der Waals surface area contributed by atoms with Gasteiger partial charge in [-0.15, -0.1) is 0 Å². The van der Waals surface area contributed by atoms with Crippen molar-refractivity contribution in [3.05, 3.63) is 40.0 Å². The molecule has 0 radical (unpaired) electrons. The average molecular weight is 319 g/mol. The highest BCUT2D eigenvalue weighted by atomic mass is 35.5. The van der Waals surface area contributed by atoms with E-state index in [1.54, 1.807) is 0 Å². The largest absolute Gasteiger partial charge is 0.383 e. The monoisotopic (exact) mass is 318 g/mol. The quantitative estimate of drug-likeness (QED) is 0.846. The van der Waals surface area contributed by atoms with Crippen LogP contribution in [0.4, 0.5) is 0 Å². The zero-order valence-corrected chi connectivity index (χ0v) is 14.0. The molecule has 1 aliphatic carbocycles. The molecular formula is C18H23ClN2O. The van der Waals surface area contributed by atoms with Crippen LogP contribution in [-0.2, 0) is 6.42 Å². The van der Waals surface area contributed by atoms with Crippen molar-refractivity contribution in [3.8, 4) is 0 Å². The standard InChI is InChI=1S/C18H23ClN2O/c1-21(2)6-5-15-14(3-4-17(19)16(15)10-22)7-13-8-18(9-13)11-20-12-18/h3-6,10,13,20H,7-9,11-12H2,1-2H3/b6-5-. The van der Waals surface area contributed by atoms with E-state index >= 15 is 0 Å².